The topological polar surface area (TPSA) is 0 Å². The van der Waals surface area contributed by atoms with E-state index in [-0.39, 0.29) is 0 Å². The van der Waals surface area contributed by atoms with E-state index in [0.29, 0.717) is 0 Å². The van der Waals surface area contributed by atoms with Crippen LogP contribution in [0.5, 0.6) is 0 Å². The smallest absolute Gasteiger partial charge is 0.0238 e. The quantitative estimate of drug-likeness (QED) is 0.582. The van der Waals surface area contributed by atoms with Gasteiger partial charge in [0.1, 0.15) is 0 Å². The molecule has 0 aromatic heterocycles. The first-order valence-electron chi connectivity index (χ1n) is 5.74. The van der Waals surface area contributed by atoms with Crippen LogP contribution >= 0.6 is 0 Å². The first-order chi connectivity index (χ1) is 6.83. The standard InChI is InChI=1S/C14H21/c1-3-4-5-6-7-8-14-11-9-13(2)10-12-14/h9-12H,2-8H2,1H3. The number of aryl methyl sites for hydroxylation is 1. The molecule has 1 rings (SSSR count). The van der Waals surface area contributed by atoms with Gasteiger partial charge in [0, 0.05) is 0 Å². The van der Waals surface area contributed by atoms with Gasteiger partial charge in [0.2, 0.25) is 0 Å². The Balaban J connectivity index is 2.15. The molecular weight excluding hydrogens is 168 g/mol. The molecule has 0 fully saturated rings. The summed E-state index contributed by atoms with van der Waals surface area (Å²) in [5.74, 6) is 0. The molecule has 77 valence electrons. The Hall–Kier alpha value is -0.780. The third kappa shape index (κ3) is 4.45. The van der Waals surface area contributed by atoms with Crippen LogP contribution in [0.25, 0.3) is 0 Å². The fourth-order valence-electron chi connectivity index (χ4n) is 1.64. The highest BCUT2D eigenvalue weighted by Gasteiger charge is 1.93. The SMILES string of the molecule is [CH2]c1ccc(CCCCCCC)cc1. The normalized spacial score (nSPS) is 10.4. The Kier molecular flexibility index (Phi) is 5.36. The van der Waals surface area contributed by atoms with Gasteiger partial charge >= 0.3 is 0 Å². The minimum absolute atomic E-state index is 1.11. The summed E-state index contributed by atoms with van der Waals surface area (Å²) in [4.78, 5) is 0. The second-order valence-corrected chi connectivity index (χ2v) is 3.98. The van der Waals surface area contributed by atoms with Crippen molar-refractivity contribution in [3.8, 4) is 0 Å². The van der Waals surface area contributed by atoms with Crippen LogP contribution in [0.4, 0.5) is 0 Å². The molecule has 0 nitrogen and oxygen atoms in total. The van der Waals surface area contributed by atoms with E-state index in [0.717, 1.165) is 5.56 Å². The summed E-state index contributed by atoms with van der Waals surface area (Å²) in [5.41, 5.74) is 2.56. The van der Waals surface area contributed by atoms with Crippen LogP contribution in [0.3, 0.4) is 0 Å². The maximum Gasteiger partial charge on any atom is -0.0238 e. The van der Waals surface area contributed by atoms with Crippen LogP contribution in [-0.2, 0) is 6.42 Å². The zero-order chi connectivity index (χ0) is 10.2. The van der Waals surface area contributed by atoms with Gasteiger partial charge < -0.3 is 0 Å². The van der Waals surface area contributed by atoms with E-state index < -0.39 is 0 Å². The highest BCUT2D eigenvalue weighted by atomic mass is 14.0. The first-order valence-corrected chi connectivity index (χ1v) is 5.74. The highest BCUT2D eigenvalue weighted by molar-refractivity contribution is 5.24. The molecule has 0 bridgehead atoms. The van der Waals surface area contributed by atoms with Crippen molar-refractivity contribution in [2.24, 2.45) is 0 Å². The van der Waals surface area contributed by atoms with Crippen LogP contribution in [0.2, 0.25) is 0 Å². The van der Waals surface area contributed by atoms with Crippen molar-refractivity contribution < 1.29 is 0 Å². The lowest BCUT2D eigenvalue weighted by molar-refractivity contribution is 0.632. The fourth-order valence-corrected chi connectivity index (χ4v) is 1.64. The van der Waals surface area contributed by atoms with Crippen LogP contribution < -0.4 is 0 Å². The second kappa shape index (κ2) is 6.64. The van der Waals surface area contributed by atoms with Crippen LogP contribution in [0.1, 0.15) is 50.2 Å². The molecule has 0 spiro atoms. The van der Waals surface area contributed by atoms with Crippen molar-refractivity contribution in [1.29, 1.82) is 0 Å². The largest absolute Gasteiger partial charge is 0.0654 e. The van der Waals surface area contributed by atoms with E-state index in [2.05, 4.69) is 38.1 Å². The number of rotatable bonds is 6. The van der Waals surface area contributed by atoms with E-state index in [1.54, 1.807) is 0 Å². The Bertz CT molecular complexity index is 233. The van der Waals surface area contributed by atoms with Crippen LogP contribution in [0, 0.1) is 6.92 Å². The summed E-state index contributed by atoms with van der Waals surface area (Å²) in [5, 5.41) is 0. The molecule has 0 unspecified atom stereocenters. The van der Waals surface area contributed by atoms with Gasteiger partial charge in [-0.2, -0.15) is 0 Å². The van der Waals surface area contributed by atoms with Crippen molar-refractivity contribution in [3.63, 3.8) is 0 Å². The van der Waals surface area contributed by atoms with E-state index in [4.69, 9.17) is 0 Å². The zero-order valence-corrected chi connectivity index (χ0v) is 9.26. The minimum atomic E-state index is 1.11. The molecule has 1 aromatic rings. The highest BCUT2D eigenvalue weighted by Crippen LogP contribution is 2.09. The average molecular weight is 189 g/mol. The molecule has 1 aromatic carbocycles. The molecule has 0 saturated carbocycles. The molecule has 0 heterocycles. The van der Waals surface area contributed by atoms with Gasteiger partial charge in [-0.3, -0.25) is 0 Å². The molecule has 1 radical (unpaired) electrons. The van der Waals surface area contributed by atoms with Gasteiger partial charge in [-0.1, -0.05) is 56.9 Å². The van der Waals surface area contributed by atoms with Gasteiger partial charge in [0.25, 0.3) is 0 Å². The van der Waals surface area contributed by atoms with Gasteiger partial charge in [-0.05, 0) is 30.9 Å². The maximum absolute atomic E-state index is 3.88. The van der Waals surface area contributed by atoms with Crippen LogP contribution in [-0.4, -0.2) is 0 Å². The number of hydrogen-bond donors (Lipinski definition) is 0. The molecule has 0 N–H and O–H groups in total. The van der Waals surface area contributed by atoms with Crippen molar-refractivity contribution >= 4 is 0 Å². The minimum Gasteiger partial charge on any atom is -0.0654 e. The van der Waals surface area contributed by atoms with Gasteiger partial charge in [0.15, 0.2) is 0 Å². The Morgan fingerprint density at radius 2 is 1.57 bits per heavy atom. The zero-order valence-electron chi connectivity index (χ0n) is 9.26. The molecule has 0 amide bonds. The van der Waals surface area contributed by atoms with Gasteiger partial charge in [0.05, 0.1) is 0 Å². The summed E-state index contributed by atoms with van der Waals surface area (Å²) in [6.45, 7) is 6.14. The van der Waals surface area contributed by atoms with Crippen molar-refractivity contribution in [1.82, 2.24) is 0 Å². The number of unbranched alkanes of at least 4 members (excludes halogenated alkanes) is 4. The summed E-state index contributed by atoms with van der Waals surface area (Å²) in [6, 6.07) is 8.59. The monoisotopic (exact) mass is 189 g/mol. The maximum atomic E-state index is 3.88. The predicted octanol–water partition coefficient (Wildman–Crippen LogP) is 4.38. The Labute approximate surface area is 88.4 Å². The van der Waals surface area contributed by atoms with Crippen LogP contribution in [0.15, 0.2) is 24.3 Å². The Morgan fingerprint density at radius 3 is 2.21 bits per heavy atom. The third-order valence-electron chi connectivity index (χ3n) is 2.59. The number of benzene rings is 1. The molecule has 0 aliphatic rings. The van der Waals surface area contributed by atoms with Gasteiger partial charge in [-0.25, -0.2) is 0 Å². The summed E-state index contributed by atoms with van der Waals surface area (Å²) < 4.78 is 0. The summed E-state index contributed by atoms with van der Waals surface area (Å²) in [7, 11) is 0. The lowest BCUT2D eigenvalue weighted by Crippen LogP contribution is -1.86. The lowest BCUT2D eigenvalue weighted by Gasteiger charge is -2.01. The van der Waals surface area contributed by atoms with E-state index in [9.17, 15) is 0 Å². The van der Waals surface area contributed by atoms with E-state index in [1.807, 2.05) is 0 Å². The van der Waals surface area contributed by atoms with Gasteiger partial charge in [-0.15, -0.1) is 0 Å². The molecular formula is C14H21. The predicted molar refractivity (Wildman–Crippen MR) is 63.4 cm³/mol. The first kappa shape index (κ1) is 11.3. The lowest BCUT2D eigenvalue weighted by atomic mass is 10.0. The summed E-state index contributed by atoms with van der Waals surface area (Å²) in [6.07, 6.45) is 8.04. The average Bonchev–Trinajstić information content (AvgIpc) is 2.21. The molecule has 14 heavy (non-hydrogen) atoms. The number of hydrogen-bond acceptors (Lipinski definition) is 0. The van der Waals surface area contributed by atoms with Crippen molar-refractivity contribution in [2.75, 3.05) is 0 Å². The van der Waals surface area contributed by atoms with E-state index in [1.165, 1.54) is 44.1 Å². The Morgan fingerprint density at radius 1 is 0.929 bits per heavy atom. The van der Waals surface area contributed by atoms with Crippen molar-refractivity contribution in [2.45, 2.75) is 45.4 Å². The molecule has 0 heteroatoms. The van der Waals surface area contributed by atoms with Crippen molar-refractivity contribution in [3.05, 3.63) is 42.3 Å². The molecule has 0 atom stereocenters. The fraction of sp³-hybridized carbons (Fsp3) is 0.500. The molecule has 0 saturated heterocycles. The van der Waals surface area contributed by atoms with E-state index >= 15 is 0 Å². The third-order valence-corrected chi connectivity index (χ3v) is 2.59. The summed E-state index contributed by atoms with van der Waals surface area (Å²) >= 11 is 0. The second-order valence-electron chi connectivity index (χ2n) is 3.98. The molecule has 0 aliphatic carbocycles. The molecule has 0 aliphatic heterocycles.